The molecular formula is C17H16N6O2S. The lowest BCUT2D eigenvalue weighted by molar-refractivity contribution is -0.115. The Kier molecular flexibility index (Phi) is 4.53. The molecule has 0 unspecified atom stereocenters. The fourth-order valence-corrected chi connectivity index (χ4v) is 3.52. The molecule has 0 saturated carbocycles. The van der Waals surface area contributed by atoms with Crippen molar-refractivity contribution < 1.29 is 9.59 Å². The van der Waals surface area contributed by atoms with Crippen LogP contribution in [-0.2, 0) is 4.79 Å². The van der Waals surface area contributed by atoms with E-state index in [-0.39, 0.29) is 11.1 Å². The number of nitrogens with zero attached hydrogens (tertiary/aromatic N) is 5. The van der Waals surface area contributed by atoms with E-state index in [2.05, 4.69) is 36.1 Å². The summed E-state index contributed by atoms with van der Waals surface area (Å²) in [4.78, 5) is 40.7. The summed E-state index contributed by atoms with van der Waals surface area (Å²) in [5, 5.41) is 1.88. The minimum Gasteiger partial charge on any atom is -0.367 e. The summed E-state index contributed by atoms with van der Waals surface area (Å²) in [6, 6.07) is 5.71. The number of carbonyl (C=O) groups is 2. The largest absolute Gasteiger partial charge is 0.367 e. The number of nitrogens with one attached hydrogen (secondary N) is 1. The van der Waals surface area contributed by atoms with E-state index in [1.807, 2.05) is 12.3 Å². The molecule has 26 heavy (non-hydrogen) atoms. The van der Waals surface area contributed by atoms with E-state index in [1.54, 1.807) is 24.5 Å². The first-order valence-electron chi connectivity index (χ1n) is 8.17. The second-order valence-corrected chi connectivity index (χ2v) is 6.83. The predicted octanol–water partition coefficient (Wildman–Crippen LogP) is 1.52. The molecule has 0 aromatic carbocycles. The molecule has 1 N–H and O–H groups in total. The number of piperazine rings is 1. The van der Waals surface area contributed by atoms with Gasteiger partial charge in [-0.25, -0.2) is 9.97 Å². The smallest absolute Gasteiger partial charge is 0.290 e. The number of thioether (sulfide) groups is 1. The lowest BCUT2D eigenvalue weighted by Crippen LogP contribution is -2.47. The van der Waals surface area contributed by atoms with Gasteiger partial charge in [0.1, 0.15) is 0 Å². The zero-order chi connectivity index (χ0) is 17.9. The van der Waals surface area contributed by atoms with Crippen LogP contribution in [0.5, 0.6) is 0 Å². The fourth-order valence-electron chi connectivity index (χ4n) is 2.86. The Bertz CT molecular complexity index is 865. The van der Waals surface area contributed by atoms with Crippen molar-refractivity contribution in [1.29, 1.82) is 0 Å². The molecule has 0 radical (unpaired) electrons. The van der Waals surface area contributed by atoms with Crippen LogP contribution in [-0.4, -0.2) is 52.3 Å². The number of imide groups is 1. The van der Waals surface area contributed by atoms with Crippen LogP contribution in [0.1, 0.15) is 5.69 Å². The SMILES string of the molecule is O=C1NC(=O)C(=Cc2ccnc(N3CCN(c4cccnc4)CC3)n2)S1. The van der Waals surface area contributed by atoms with Crippen molar-refractivity contribution in [1.82, 2.24) is 20.3 Å². The van der Waals surface area contributed by atoms with E-state index in [0.29, 0.717) is 16.5 Å². The van der Waals surface area contributed by atoms with E-state index in [0.717, 1.165) is 43.6 Å². The van der Waals surface area contributed by atoms with E-state index in [4.69, 9.17) is 0 Å². The van der Waals surface area contributed by atoms with Gasteiger partial charge in [0.2, 0.25) is 5.95 Å². The number of rotatable bonds is 3. The summed E-state index contributed by atoms with van der Waals surface area (Å²) < 4.78 is 0. The number of aromatic nitrogens is 3. The maximum atomic E-state index is 11.7. The van der Waals surface area contributed by atoms with Crippen LogP contribution in [0.3, 0.4) is 0 Å². The van der Waals surface area contributed by atoms with Crippen molar-refractivity contribution in [3.05, 3.63) is 47.4 Å². The molecule has 2 aromatic rings. The Morgan fingerprint density at radius 2 is 1.88 bits per heavy atom. The highest BCUT2D eigenvalue weighted by atomic mass is 32.2. The highest BCUT2D eigenvalue weighted by molar-refractivity contribution is 8.18. The zero-order valence-corrected chi connectivity index (χ0v) is 14.6. The average Bonchev–Trinajstić information content (AvgIpc) is 3.00. The van der Waals surface area contributed by atoms with Crippen molar-refractivity contribution in [2.75, 3.05) is 36.0 Å². The van der Waals surface area contributed by atoms with Crippen molar-refractivity contribution >= 4 is 40.6 Å². The number of hydrogen-bond acceptors (Lipinski definition) is 8. The van der Waals surface area contributed by atoms with Gasteiger partial charge in [-0.1, -0.05) is 0 Å². The lowest BCUT2D eigenvalue weighted by Gasteiger charge is -2.35. The molecular weight excluding hydrogens is 352 g/mol. The normalized spacial score (nSPS) is 19.2. The van der Waals surface area contributed by atoms with E-state index in [1.165, 1.54) is 0 Å². The van der Waals surface area contributed by atoms with E-state index in [9.17, 15) is 9.59 Å². The van der Waals surface area contributed by atoms with Gasteiger partial charge in [0.15, 0.2) is 0 Å². The van der Waals surface area contributed by atoms with Gasteiger partial charge < -0.3 is 9.80 Å². The Morgan fingerprint density at radius 1 is 1.08 bits per heavy atom. The predicted molar refractivity (Wildman–Crippen MR) is 99.8 cm³/mol. The molecule has 4 rings (SSSR count). The molecule has 4 heterocycles. The molecule has 2 amide bonds. The molecule has 2 aromatic heterocycles. The zero-order valence-electron chi connectivity index (χ0n) is 13.8. The fraction of sp³-hybridized carbons (Fsp3) is 0.235. The Labute approximate surface area is 154 Å². The van der Waals surface area contributed by atoms with Gasteiger partial charge in [0, 0.05) is 38.6 Å². The molecule has 9 heteroatoms. The first kappa shape index (κ1) is 16.5. The van der Waals surface area contributed by atoms with Gasteiger partial charge in [-0.3, -0.25) is 19.9 Å². The summed E-state index contributed by atoms with van der Waals surface area (Å²) >= 11 is 0.883. The van der Waals surface area contributed by atoms with E-state index >= 15 is 0 Å². The molecule has 2 aliphatic heterocycles. The van der Waals surface area contributed by atoms with Gasteiger partial charge in [-0.2, -0.15) is 0 Å². The molecule has 0 bridgehead atoms. The van der Waals surface area contributed by atoms with Crippen molar-refractivity contribution in [3.8, 4) is 0 Å². The first-order valence-corrected chi connectivity index (χ1v) is 8.98. The third-order valence-electron chi connectivity index (χ3n) is 4.16. The molecule has 0 aliphatic carbocycles. The van der Waals surface area contributed by atoms with Crippen molar-refractivity contribution in [3.63, 3.8) is 0 Å². The third kappa shape index (κ3) is 3.52. The minimum atomic E-state index is -0.384. The first-order chi connectivity index (χ1) is 12.7. The molecule has 0 atom stereocenters. The Morgan fingerprint density at radius 3 is 2.58 bits per heavy atom. The highest BCUT2D eigenvalue weighted by Gasteiger charge is 2.25. The molecule has 2 saturated heterocycles. The van der Waals surface area contributed by atoms with Gasteiger partial charge in [0.05, 0.1) is 22.5 Å². The summed E-state index contributed by atoms with van der Waals surface area (Å²) in [6.45, 7) is 3.30. The topological polar surface area (TPSA) is 91.3 Å². The summed E-state index contributed by atoms with van der Waals surface area (Å²) in [5.41, 5.74) is 1.72. The minimum absolute atomic E-state index is 0.348. The Hall–Kier alpha value is -2.94. The molecule has 8 nitrogen and oxygen atoms in total. The van der Waals surface area contributed by atoms with Gasteiger partial charge in [-0.05, 0) is 36.0 Å². The van der Waals surface area contributed by atoms with Crippen LogP contribution in [0.15, 0.2) is 41.7 Å². The standard InChI is InChI=1S/C17H16N6O2S/c24-15-14(26-17(25)21-15)10-12-3-5-19-16(20-12)23-8-6-22(7-9-23)13-2-1-4-18-11-13/h1-5,10-11H,6-9H2,(H,21,24,25). The van der Waals surface area contributed by atoms with Crippen LogP contribution in [0, 0.1) is 0 Å². The number of carbonyl (C=O) groups excluding carboxylic acids is 2. The second-order valence-electron chi connectivity index (χ2n) is 5.82. The highest BCUT2D eigenvalue weighted by Crippen LogP contribution is 2.25. The van der Waals surface area contributed by atoms with Crippen LogP contribution in [0.2, 0.25) is 0 Å². The Balaban J connectivity index is 1.45. The van der Waals surface area contributed by atoms with Crippen LogP contribution < -0.4 is 15.1 Å². The maximum Gasteiger partial charge on any atom is 0.290 e. The second kappa shape index (κ2) is 7.12. The lowest BCUT2D eigenvalue weighted by atomic mass is 10.3. The number of pyridine rings is 1. The molecule has 132 valence electrons. The quantitative estimate of drug-likeness (QED) is 0.816. The molecule has 0 spiro atoms. The van der Waals surface area contributed by atoms with Crippen molar-refractivity contribution in [2.24, 2.45) is 0 Å². The number of hydrogen-bond donors (Lipinski definition) is 1. The van der Waals surface area contributed by atoms with Crippen molar-refractivity contribution in [2.45, 2.75) is 0 Å². The summed E-state index contributed by atoms with van der Waals surface area (Å²) in [5.74, 6) is 0.241. The third-order valence-corrected chi connectivity index (χ3v) is 4.97. The number of anilines is 2. The molecule has 2 aliphatic rings. The van der Waals surface area contributed by atoms with Gasteiger partial charge >= 0.3 is 0 Å². The van der Waals surface area contributed by atoms with E-state index < -0.39 is 0 Å². The van der Waals surface area contributed by atoms with Gasteiger partial charge in [-0.15, -0.1) is 0 Å². The summed E-state index contributed by atoms with van der Waals surface area (Å²) in [6.07, 6.45) is 6.91. The van der Waals surface area contributed by atoms with Crippen LogP contribution in [0.25, 0.3) is 6.08 Å². The van der Waals surface area contributed by atoms with Gasteiger partial charge in [0.25, 0.3) is 11.1 Å². The average molecular weight is 368 g/mol. The van der Waals surface area contributed by atoms with Crippen LogP contribution >= 0.6 is 11.8 Å². The maximum absolute atomic E-state index is 11.7. The summed E-state index contributed by atoms with van der Waals surface area (Å²) in [7, 11) is 0. The monoisotopic (exact) mass is 368 g/mol. The molecule has 2 fully saturated rings. The number of amides is 2. The van der Waals surface area contributed by atoms with Crippen LogP contribution in [0.4, 0.5) is 16.4 Å².